The van der Waals surface area contributed by atoms with Gasteiger partial charge in [0.15, 0.2) is 11.6 Å². The summed E-state index contributed by atoms with van der Waals surface area (Å²) in [5.41, 5.74) is 7.14. The molecule has 0 aromatic carbocycles. The molecular formula is C20H35N5O2. The molecule has 1 aromatic rings. The highest BCUT2D eigenvalue weighted by Gasteiger charge is 2.28. The molecule has 1 aliphatic rings. The number of carbonyl (C=O) groups excluding carboxylic acids is 1. The number of carbonyl (C=O) groups is 1. The number of hydrogen-bond acceptors (Lipinski definition) is 7. The lowest BCUT2D eigenvalue weighted by Gasteiger charge is -2.34. The van der Waals surface area contributed by atoms with Crippen LogP contribution in [0, 0.1) is 17.8 Å². The molecule has 0 spiro atoms. The lowest BCUT2D eigenvalue weighted by molar-refractivity contribution is -0.148. The fraction of sp³-hybridized carbons (Fsp3) is 0.750. The van der Waals surface area contributed by atoms with Gasteiger partial charge in [-0.2, -0.15) is 0 Å². The molecule has 1 fully saturated rings. The van der Waals surface area contributed by atoms with E-state index in [0.29, 0.717) is 24.1 Å². The largest absolute Gasteiger partial charge is 0.466 e. The van der Waals surface area contributed by atoms with Crippen molar-refractivity contribution in [1.82, 2.24) is 9.97 Å². The molecule has 152 valence electrons. The summed E-state index contributed by atoms with van der Waals surface area (Å²) in [4.78, 5) is 25.3. The minimum absolute atomic E-state index is 0.0258. The number of rotatable bonds is 8. The molecule has 0 bridgehead atoms. The SMILES string of the molecule is CCOC(=O)C1CCN(c2ncnc(N(CC(C)C)CC(C)C)c2N)CC1. The van der Waals surface area contributed by atoms with E-state index >= 15 is 0 Å². The van der Waals surface area contributed by atoms with Gasteiger partial charge in [-0.05, 0) is 31.6 Å². The van der Waals surface area contributed by atoms with Crippen molar-refractivity contribution in [2.45, 2.75) is 47.5 Å². The van der Waals surface area contributed by atoms with E-state index in [-0.39, 0.29) is 11.9 Å². The third-order valence-electron chi connectivity index (χ3n) is 4.73. The first-order valence-electron chi connectivity index (χ1n) is 10.1. The zero-order valence-corrected chi connectivity index (χ0v) is 17.4. The number of ether oxygens (including phenoxy) is 1. The minimum atomic E-state index is -0.0893. The molecular weight excluding hydrogens is 342 g/mol. The predicted octanol–water partition coefficient (Wildman–Crippen LogP) is 2.96. The molecule has 7 heteroatoms. The van der Waals surface area contributed by atoms with E-state index in [1.165, 1.54) is 0 Å². The average Bonchev–Trinajstić information content (AvgIpc) is 2.61. The second-order valence-corrected chi connectivity index (χ2v) is 8.14. The number of hydrogen-bond donors (Lipinski definition) is 1. The molecule has 0 atom stereocenters. The number of nitrogen functional groups attached to an aromatic ring is 1. The Balaban J connectivity index is 2.15. The number of piperidine rings is 1. The van der Waals surface area contributed by atoms with Crippen molar-refractivity contribution in [3.63, 3.8) is 0 Å². The number of nitrogens with two attached hydrogens (primary N) is 1. The van der Waals surface area contributed by atoms with Gasteiger partial charge in [-0.1, -0.05) is 27.7 Å². The molecule has 2 heterocycles. The van der Waals surface area contributed by atoms with Crippen LogP contribution in [0.5, 0.6) is 0 Å². The first kappa shape index (κ1) is 21.3. The quantitative estimate of drug-likeness (QED) is 0.697. The second-order valence-electron chi connectivity index (χ2n) is 8.14. The first-order chi connectivity index (χ1) is 12.8. The summed E-state index contributed by atoms with van der Waals surface area (Å²) in [5.74, 6) is 2.51. The third kappa shape index (κ3) is 5.71. The summed E-state index contributed by atoms with van der Waals surface area (Å²) in [6, 6.07) is 0. The maximum atomic E-state index is 12.0. The molecule has 2 rings (SSSR count). The summed E-state index contributed by atoms with van der Waals surface area (Å²) < 4.78 is 5.16. The van der Waals surface area contributed by atoms with Gasteiger partial charge in [0.05, 0.1) is 12.5 Å². The fourth-order valence-electron chi connectivity index (χ4n) is 3.60. The van der Waals surface area contributed by atoms with Crippen LogP contribution in [-0.4, -0.2) is 48.7 Å². The highest BCUT2D eigenvalue weighted by atomic mass is 16.5. The van der Waals surface area contributed by atoms with Crippen molar-refractivity contribution >= 4 is 23.3 Å². The van der Waals surface area contributed by atoms with Gasteiger partial charge in [0, 0.05) is 26.2 Å². The summed E-state index contributed by atoms with van der Waals surface area (Å²) in [7, 11) is 0. The summed E-state index contributed by atoms with van der Waals surface area (Å²) in [6.45, 7) is 14.4. The monoisotopic (exact) mass is 377 g/mol. The molecule has 0 saturated carbocycles. The zero-order chi connectivity index (χ0) is 20.0. The Hall–Kier alpha value is -2.05. The Morgan fingerprint density at radius 1 is 1.22 bits per heavy atom. The van der Waals surface area contributed by atoms with E-state index in [4.69, 9.17) is 10.5 Å². The van der Waals surface area contributed by atoms with Crippen LogP contribution >= 0.6 is 0 Å². The molecule has 0 amide bonds. The van der Waals surface area contributed by atoms with Gasteiger partial charge in [0.25, 0.3) is 0 Å². The number of nitrogens with zero attached hydrogens (tertiary/aromatic N) is 4. The molecule has 0 radical (unpaired) electrons. The van der Waals surface area contributed by atoms with Crippen molar-refractivity contribution in [3.05, 3.63) is 6.33 Å². The molecule has 7 nitrogen and oxygen atoms in total. The van der Waals surface area contributed by atoms with Crippen molar-refractivity contribution in [2.75, 3.05) is 48.3 Å². The van der Waals surface area contributed by atoms with Crippen LogP contribution in [0.25, 0.3) is 0 Å². The van der Waals surface area contributed by atoms with Crippen molar-refractivity contribution in [2.24, 2.45) is 17.8 Å². The fourth-order valence-corrected chi connectivity index (χ4v) is 3.60. The smallest absolute Gasteiger partial charge is 0.309 e. The van der Waals surface area contributed by atoms with Crippen LogP contribution in [0.4, 0.5) is 17.3 Å². The van der Waals surface area contributed by atoms with Crippen molar-refractivity contribution < 1.29 is 9.53 Å². The van der Waals surface area contributed by atoms with Crippen molar-refractivity contribution in [1.29, 1.82) is 0 Å². The molecule has 1 saturated heterocycles. The second kappa shape index (κ2) is 9.76. The molecule has 1 aromatic heterocycles. The van der Waals surface area contributed by atoms with E-state index in [2.05, 4.69) is 47.5 Å². The Morgan fingerprint density at radius 3 is 2.33 bits per heavy atom. The minimum Gasteiger partial charge on any atom is -0.466 e. The van der Waals surface area contributed by atoms with E-state index in [1.807, 2.05) is 6.92 Å². The summed E-state index contributed by atoms with van der Waals surface area (Å²) in [6.07, 6.45) is 3.13. The molecule has 2 N–H and O–H groups in total. The Bertz CT molecular complexity index is 602. The summed E-state index contributed by atoms with van der Waals surface area (Å²) >= 11 is 0. The normalized spacial score (nSPS) is 15.4. The van der Waals surface area contributed by atoms with Crippen LogP contribution in [-0.2, 0) is 9.53 Å². The number of aromatic nitrogens is 2. The Kier molecular flexibility index (Phi) is 7.68. The molecule has 0 unspecified atom stereocenters. The number of esters is 1. The molecule has 27 heavy (non-hydrogen) atoms. The maximum absolute atomic E-state index is 12.0. The number of anilines is 3. The van der Waals surface area contributed by atoms with Crippen LogP contribution in [0.15, 0.2) is 6.33 Å². The van der Waals surface area contributed by atoms with E-state index in [0.717, 1.165) is 50.7 Å². The highest BCUT2D eigenvalue weighted by Crippen LogP contribution is 2.32. The van der Waals surface area contributed by atoms with Crippen LogP contribution in [0.3, 0.4) is 0 Å². The standard InChI is InChI=1S/C20H35N5O2/c1-6-27-20(26)16-7-9-24(10-8-16)18-17(21)19(23-13-22-18)25(11-14(2)3)12-15(4)5/h13-16H,6-12,21H2,1-5H3. The van der Waals surface area contributed by atoms with Crippen molar-refractivity contribution in [3.8, 4) is 0 Å². The maximum Gasteiger partial charge on any atom is 0.309 e. The van der Waals surface area contributed by atoms with Crippen LogP contribution in [0.1, 0.15) is 47.5 Å². The van der Waals surface area contributed by atoms with E-state index in [9.17, 15) is 4.79 Å². The van der Waals surface area contributed by atoms with Gasteiger partial charge < -0.3 is 20.3 Å². The van der Waals surface area contributed by atoms with Gasteiger partial charge in [-0.3, -0.25) is 4.79 Å². The van der Waals surface area contributed by atoms with Gasteiger partial charge in [-0.25, -0.2) is 9.97 Å². The van der Waals surface area contributed by atoms with Gasteiger partial charge in [-0.15, -0.1) is 0 Å². The average molecular weight is 378 g/mol. The molecule has 1 aliphatic heterocycles. The topological polar surface area (TPSA) is 84.6 Å². The summed E-state index contributed by atoms with van der Waals surface area (Å²) in [5, 5.41) is 0. The Labute approximate surface area is 163 Å². The molecule has 0 aliphatic carbocycles. The van der Waals surface area contributed by atoms with Gasteiger partial charge in [0.2, 0.25) is 0 Å². The van der Waals surface area contributed by atoms with Gasteiger partial charge >= 0.3 is 5.97 Å². The van der Waals surface area contributed by atoms with Crippen LogP contribution in [0.2, 0.25) is 0 Å². The lowest BCUT2D eigenvalue weighted by Crippen LogP contribution is -2.38. The highest BCUT2D eigenvalue weighted by molar-refractivity contribution is 5.77. The van der Waals surface area contributed by atoms with Crippen LogP contribution < -0.4 is 15.5 Å². The lowest BCUT2D eigenvalue weighted by atomic mass is 9.97. The van der Waals surface area contributed by atoms with Gasteiger partial charge in [0.1, 0.15) is 12.0 Å². The zero-order valence-electron chi connectivity index (χ0n) is 17.4. The Morgan fingerprint density at radius 2 is 1.81 bits per heavy atom. The third-order valence-corrected chi connectivity index (χ3v) is 4.73. The van der Waals surface area contributed by atoms with E-state index < -0.39 is 0 Å². The first-order valence-corrected chi connectivity index (χ1v) is 10.1. The van der Waals surface area contributed by atoms with E-state index in [1.54, 1.807) is 6.33 Å². The predicted molar refractivity (Wildman–Crippen MR) is 110 cm³/mol.